The van der Waals surface area contributed by atoms with Crippen LogP contribution in [0.25, 0.3) is 0 Å². The van der Waals surface area contributed by atoms with E-state index < -0.39 is 11.1 Å². The van der Waals surface area contributed by atoms with Gasteiger partial charge < -0.3 is 13.9 Å². The Hall–Kier alpha value is -1.07. The number of nitrogens with zero attached hydrogens (tertiary/aromatic N) is 2. The molecule has 0 saturated heterocycles. The average Bonchev–Trinajstić information content (AvgIpc) is 2.24. The van der Waals surface area contributed by atoms with Crippen molar-refractivity contribution >= 4 is 11.6 Å². The molecule has 0 amide bonds. The molecule has 0 N–H and O–H groups in total. The van der Waals surface area contributed by atoms with Crippen molar-refractivity contribution in [2.75, 3.05) is 19.1 Å². The van der Waals surface area contributed by atoms with Crippen molar-refractivity contribution in [2.24, 2.45) is 7.05 Å². The van der Waals surface area contributed by atoms with Crippen molar-refractivity contribution in [3.05, 3.63) is 33.1 Å². The Kier molecular flexibility index (Phi) is 4.58. The van der Waals surface area contributed by atoms with Gasteiger partial charge in [0.1, 0.15) is 0 Å². The monoisotopic (exact) mass is 232 g/mol. The average molecular weight is 233 g/mol. The van der Waals surface area contributed by atoms with Gasteiger partial charge in [-0.2, -0.15) is 0 Å². The molecule has 0 aromatic carbocycles. The normalized spacial score (nSPS) is 10.5. The highest BCUT2D eigenvalue weighted by Crippen LogP contribution is 1.83. The van der Waals surface area contributed by atoms with Crippen LogP contribution in [0.2, 0.25) is 0 Å². The number of aryl methyl sites for hydroxylation is 1. The zero-order chi connectivity index (χ0) is 11.3. The second-order valence-corrected chi connectivity index (χ2v) is 3.39. The lowest BCUT2D eigenvalue weighted by atomic mass is 10.5. The minimum atomic E-state index is -0.533. The van der Waals surface area contributed by atoms with Crippen LogP contribution in [0.1, 0.15) is 0 Å². The van der Waals surface area contributed by atoms with Gasteiger partial charge in [0.15, 0.2) is 0 Å². The topological polar surface area (TPSA) is 53.2 Å². The number of alkyl halides is 1. The summed E-state index contributed by atoms with van der Waals surface area (Å²) in [4.78, 5) is 22.6. The van der Waals surface area contributed by atoms with Crippen molar-refractivity contribution < 1.29 is 4.74 Å². The van der Waals surface area contributed by atoms with E-state index in [9.17, 15) is 9.59 Å². The Balaban J connectivity index is 2.67. The quantitative estimate of drug-likeness (QED) is 0.402. The van der Waals surface area contributed by atoms with Crippen LogP contribution in [0.3, 0.4) is 0 Å². The van der Waals surface area contributed by atoms with Gasteiger partial charge in [-0.3, -0.25) is 9.59 Å². The second kappa shape index (κ2) is 5.72. The molecule has 1 aromatic rings. The Bertz CT molecular complexity index is 424. The fourth-order valence-corrected chi connectivity index (χ4v) is 1.19. The highest BCUT2D eigenvalue weighted by molar-refractivity contribution is 6.17. The van der Waals surface area contributed by atoms with E-state index >= 15 is 0 Å². The summed E-state index contributed by atoms with van der Waals surface area (Å²) in [5.41, 5.74) is -1.07. The highest BCUT2D eigenvalue weighted by atomic mass is 35.5. The Labute approximate surface area is 91.9 Å². The molecule has 1 rings (SSSR count). The molecule has 0 atom stereocenters. The lowest BCUT2D eigenvalue weighted by molar-refractivity contribution is 0.139. The van der Waals surface area contributed by atoms with E-state index in [1.165, 1.54) is 16.2 Å². The lowest BCUT2D eigenvalue weighted by Crippen LogP contribution is -2.40. The fraction of sp³-hybridized carbons (Fsp3) is 0.556. The van der Waals surface area contributed by atoms with Crippen molar-refractivity contribution in [3.8, 4) is 0 Å². The van der Waals surface area contributed by atoms with Crippen molar-refractivity contribution in [2.45, 2.75) is 6.54 Å². The van der Waals surface area contributed by atoms with Crippen LogP contribution in [-0.4, -0.2) is 28.2 Å². The van der Waals surface area contributed by atoms with E-state index in [1.807, 2.05) is 0 Å². The third-order valence-corrected chi connectivity index (χ3v) is 2.09. The number of hydrogen-bond acceptors (Lipinski definition) is 3. The molecule has 0 aliphatic carbocycles. The summed E-state index contributed by atoms with van der Waals surface area (Å²) in [7, 11) is 1.54. The van der Waals surface area contributed by atoms with E-state index in [1.54, 1.807) is 12.4 Å². The van der Waals surface area contributed by atoms with Gasteiger partial charge in [0.2, 0.25) is 0 Å². The van der Waals surface area contributed by atoms with Crippen molar-refractivity contribution in [1.82, 2.24) is 9.13 Å². The summed E-state index contributed by atoms with van der Waals surface area (Å²) < 4.78 is 7.69. The maximum atomic E-state index is 11.4. The van der Waals surface area contributed by atoms with Gasteiger partial charge in [0.05, 0.1) is 13.2 Å². The number of aromatic nitrogens is 2. The van der Waals surface area contributed by atoms with Crippen molar-refractivity contribution in [3.63, 3.8) is 0 Å². The molecule has 0 bridgehead atoms. The first-order valence-corrected chi connectivity index (χ1v) is 5.10. The molecule has 1 aromatic heterocycles. The van der Waals surface area contributed by atoms with Gasteiger partial charge in [-0.25, -0.2) is 0 Å². The molecule has 0 radical (unpaired) electrons. The van der Waals surface area contributed by atoms with Crippen LogP contribution in [0.15, 0.2) is 22.0 Å². The highest BCUT2D eigenvalue weighted by Gasteiger charge is 2.01. The number of ether oxygens (including phenoxy) is 1. The molecule has 5 nitrogen and oxygen atoms in total. The summed E-state index contributed by atoms with van der Waals surface area (Å²) in [5.74, 6) is 0.422. The second-order valence-electron chi connectivity index (χ2n) is 3.01. The summed E-state index contributed by atoms with van der Waals surface area (Å²) in [6.45, 7) is 1.19. The van der Waals surface area contributed by atoms with Gasteiger partial charge in [-0.1, -0.05) is 0 Å². The maximum absolute atomic E-state index is 11.4. The summed E-state index contributed by atoms with van der Waals surface area (Å²) in [6.07, 6.45) is 3.11. The van der Waals surface area contributed by atoms with Crippen LogP contribution < -0.4 is 11.1 Å². The first-order chi connectivity index (χ1) is 7.16. The minimum absolute atomic E-state index is 0.367. The third-order valence-electron chi connectivity index (χ3n) is 1.93. The zero-order valence-corrected chi connectivity index (χ0v) is 9.24. The summed E-state index contributed by atoms with van der Waals surface area (Å²) >= 11 is 5.41. The molecule has 0 spiro atoms. The molecule has 84 valence electrons. The fourth-order valence-electron chi connectivity index (χ4n) is 1.09. The molecule has 1 heterocycles. The van der Waals surface area contributed by atoms with E-state index in [2.05, 4.69) is 0 Å². The molecule has 0 aliphatic rings. The number of rotatable bonds is 5. The first-order valence-electron chi connectivity index (χ1n) is 4.56. The Morgan fingerprint density at radius 3 is 2.67 bits per heavy atom. The predicted molar refractivity (Wildman–Crippen MR) is 57.5 cm³/mol. The van der Waals surface area contributed by atoms with E-state index in [0.29, 0.717) is 25.6 Å². The maximum Gasteiger partial charge on any atom is 0.316 e. The lowest BCUT2D eigenvalue weighted by Gasteiger charge is -2.05. The first kappa shape index (κ1) is 12.0. The summed E-state index contributed by atoms with van der Waals surface area (Å²) in [6, 6.07) is 0. The van der Waals surface area contributed by atoms with Gasteiger partial charge in [-0.05, 0) is 0 Å². The van der Waals surface area contributed by atoms with E-state index in [0.717, 1.165) is 0 Å². The van der Waals surface area contributed by atoms with Gasteiger partial charge >= 0.3 is 11.1 Å². The predicted octanol–water partition coefficient (Wildman–Crippen LogP) is -0.198. The molecule has 0 aliphatic heterocycles. The van der Waals surface area contributed by atoms with Gasteiger partial charge in [-0.15, -0.1) is 11.6 Å². The minimum Gasteiger partial charge on any atom is -0.378 e. The Morgan fingerprint density at radius 1 is 1.27 bits per heavy atom. The van der Waals surface area contributed by atoms with Crippen molar-refractivity contribution in [1.29, 1.82) is 0 Å². The third kappa shape index (κ3) is 3.21. The molecular formula is C9H13ClN2O3. The van der Waals surface area contributed by atoms with Crippen LogP contribution in [-0.2, 0) is 18.3 Å². The summed E-state index contributed by atoms with van der Waals surface area (Å²) in [5, 5.41) is 0. The molecular weight excluding hydrogens is 220 g/mol. The number of halogens is 1. The molecule has 0 unspecified atom stereocenters. The molecule has 15 heavy (non-hydrogen) atoms. The van der Waals surface area contributed by atoms with Crippen LogP contribution in [0, 0.1) is 0 Å². The number of hydrogen-bond donors (Lipinski definition) is 0. The molecule has 6 heteroatoms. The smallest absolute Gasteiger partial charge is 0.316 e. The Morgan fingerprint density at radius 2 is 2.00 bits per heavy atom. The van der Waals surface area contributed by atoms with E-state index in [-0.39, 0.29) is 0 Å². The van der Waals surface area contributed by atoms with Crippen LogP contribution >= 0.6 is 11.6 Å². The molecule has 0 fully saturated rings. The standard InChI is InChI=1S/C9H13ClN2O3/c1-11-3-4-12(9(14)8(11)13)5-7-15-6-2-10/h3-4H,2,5-7H2,1H3. The largest absolute Gasteiger partial charge is 0.378 e. The van der Waals surface area contributed by atoms with Gasteiger partial charge in [0, 0.05) is 31.9 Å². The SMILES string of the molecule is Cn1ccn(CCOCCCl)c(=O)c1=O. The van der Waals surface area contributed by atoms with Gasteiger partial charge in [0.25, 0.3) is 0 Å². The van der Waals surface area contributed by atoms with Crippen LogP contribution in [0.4, 0.5) is 0 Å². The van der Waals surface area contributed by atoms with Crippen LogP contribution in [0.5, 0.6) is 0 Å². The molecule has 0 saturated carbocycles. The van der Waals surface area contributed by atoms with E-state index in [4.69, 9.17) is 16.3 Å². The zero-order valence-electron chi connectivity index (χ0n) is 8.48.